The number of thioether (sulfide) groups is 2. The number of hydrogen-bond acceptors (Lipinski definition) is 4. The van der Waals surface area contributed by atoms with Crippen molar-refractivity contribution in [2.45, 2.75) is 30.1 Å². The van der Waals surface area contributed by atoms with Gasteiger partial charge in [-0.1, -0.05) is 0 Å². The number of nitrogens with one attached hydrogen (secondary N) is 2. The molecule has 0 aromatic heterocycles. The summed E-state index contributed by atoms with van der Waals surface area (Å²) in [6.07, 6.45) is 3.51. The highest BCUT2D eigenvalue weighted by Crippen LogP contribution is 2.27. The van der Waals surface area contributed by atoms with Crippen molar-refractivity contribution < 1.29 is 5.11 Å². The molecular weight excluding hydrogens is 393 g/mol. The second-order valence-corrected chi connectivity index (χ2v) is 7.48. The third-order valence-corrected chi connectivity index (χ3v) is 6.04. The molecule has 2 rings (SSSR count). The van der Waals surface area contributed by atoms with E-state index in [1.54, 1.807) is 7.05 Å². The second-order valence-electron chi connectivity index (χ2n) is 4.97. The number of rotatable bonds is 4. The number of halogens is 1. The van der Waals surface area contributed by atoms with E-state index in [4.69, 9.17) is 0 Å². The van der Waals surface area contributed by atoms with Crippen molar-refractivity contribution in [3.8, 4) is 0 Å². The van der Waals surface area contributed by atoms with E-state index in [1.807, 2.05) is 23.5 Å². The average molecular weight is 417 g/mol. The van der Waals surface area contributed by atoms with Gasteiger partial charge < -0.3 is 15.7 Å². The summed E-state index contributed by atoms with van der Waals surface area (Å²) < 4.78 is 0. The fraction of sp³-hybridized carbons (Fsp3) is 0.917. The molecule has 0 saturated carbocycles. The van der Waals surface area contributed by atoms with E-state index in [0.29, 0.717) is 11.8 Å². The Morgan fingerprint density at radius 3 is 2.84 bits per heavy atom. The number of guanidine groups is 1. The standard InChI is InChI=1S/C12H23N3OS2.HI/c1-13-11(14-7-10-3-2-5-18-10)15-8-12(16)4-6-17-9-12;/h10,16H,2-9H2,1H3,(H2,13,14,15);1H. The first-order chi connectivity index (χ1) is 8.72. The van der Waals surface area contributed by atoms with E-state index < -0.39 is 5.60 Å². The largest absolute Gasteiger partial charge is 0.387 e. The molecule has 2 atom stereocenters. The van der Waals surface area contributed by atoms with Crippen LogP contribution in [-0.4, -0.2) is 59.3 Å². The van der Waals surface area contributed by atoms with Crippen molar-refractivity contribution in [2.24, 2.45) is 4.99 Å². The highest BCUT2D eigenvalue weighted by atomic mass is 127. The minimum Gasteiger partial charge on any atom is -0.387 e. The van der Waals surface area contributed by atoms with Crippen molar-refractivity contribution in [3.05, 3.63) is 0 Å². The first kappa shape index (κ1) is 17.7. The van der Waals surface area contributed by atoms with Crippen LogP contribution < -0.4 is 10.6 Å². The van der Waals surface area contributed by atoms with Gasteiger partial charge in [-0.05, 0) is 30.8 Å². The zero-order valence-electron chi connectivity index (χ0n) is 11.4. The monoisotopic (exact) mass is 417 g/mol. The van der Waals surface area contributed by atoms with Gasteiger partial charge in [-0.25, -0.2) is 0 Å². The van der Waals surface area contributed by atoms with Gasteiger partial charge in [-0.3, -0.25) is 4.99 Å². The van der Waals surface area contributed by atoms with Crippen LogP contribution in [0.15, 0.2) is 4.99 Å². The molecule has 0 radical (unpaired) electrons. The van der Waals surface area contributed by atoms with Gasteiger partial charge >= 0.3 is 0 Å². The summed E-state index contributed by atoms with van der Waals surface area (Å²) in [5.41, 5.74) is -0.551. The Kier molecular flexibility index (Phi) is 8.24. The van der Waals surface area contributed by atoms with Crippen LogP contribution >= 0.6 is 47.5 Å². The number of hydrogen-bond donors (Lipinski definition) is 3. The quantitative estimate of drug-likeness (QED) is 0.368. The van der Waals surface area contributed by atoms with Gasteiger partial charge in [0.2, 0.25) is 0 Å². The smallest absolute Gasteiger partial charge is 0.191 e. The predicted molar refractivity (Wildman–Crippen MR) is 97.2 cm³/mol. The van der Waals surface area contributed by atoms with E-state index >= 15 is 0 Å². The SMILES string of the molecule is CN=C(NCC1CCCS1)NCC1(O)CCSC1.I. The summed E-state index contributed by atoms with van der Waals surface area (Å²) in [4.78, 5) is 4.21. The number of aliphatic imine (C=N–C) groups is 1. The summed E-state index contributed by atoms with van der Waals surface area (Å²) in [6.45, 7) is 1.56. The molecule has 2 unspecified atom stereocenters. The van der Waals surface area contributed by atoms with Crippen molar-refractivity contribution in [3.63, 3.8) is 0 Å². The van der Waals surface area contributed by atoms with Crippen molar-refractivity contribution in [2.75, 3.05) is 37.4 Å². The topological polar surface area (TPSA) is 56.7 Å². The molecule has 0 aromatic rings. The molecule has 0 amide bonds. The number of nitrogens with zero attached hydrogens (tertiary/aromatic N) is 1. The molecule has 0 aliphatic carbocycles. The van der Waals surface area contributed by atoms with Gasteiger partial charge in [0.05, 0.1) is 5.60 Å². The normalized spacial score (nSPS) is 31.1. The van der Waals surface area contributed by atoms with E-state index in [-0.39, 0.29) is 24.0 Å². The maximum atomic E-state index is 10.2. The Morgan fingerprint density at radius 1 is 1.42 bits per heavy atom. The summed E-state index contributed by atoms with van der Waals surface area (Å²) in [5.74, 6) is 3.99. The predicted octanol–water partition coefficient (Wildman–Crippen LogP) is 1.53. The second kappa shape index (κ2) is 8.84. The Morgan fingerprint density at radius 2 is 2.26 bits per heavy atom. The van der Waals surface area contributed by atoms with Crippen LogP contribution in [-0.2, 0) is 0 Å². The van der Waals surface area contributed by atoms with Gasteiger partial charge in [0, 0.05) is 31.1 Å². The maximum absolute atomic E-state index is 10.2. The van der Waals surface area contributed by atoms with Crippen LogP contribution in [0.25, 0.3) is 0 Å². The first-order valence-electron chi connectivity index (χ1n) is 6.58. The van der Waals surface area contributed by atoms with Crippen LogP contribution in [0.3, 0.4) is 0 Å². The molecule has 4 nitrogen and oxygen atoms in total. The highest BCUT2D eigenvalue weighted by molar-refractivity contribution is 14.0. The van der Waals surface area contributed by atoms with Gasteiger partial charge in [-0.2, -0.15) is 23.5 Å². The summed E-state index contributed by atoms with van der Waals surface area (Å²) in [5, 5.41) is 17.6. The van der Waals surface area contributed by atoms with E-state index in [2.05, 4.69) is 15.6 Å². The minimum absolute atomic E-state index is 0. The first-order valence-corrected chi connectivity index (χ1v) is 8.78. The fourth-order valence-electron chi connectivity index (χ4n) is 2.22. The highest BCUT2D eigenvalue weighted by Gasteiger charge is 2.31. The molecule has 2 saturated heterocycles. The van der Waals surface area contributed by atoms with E-state index in [1.165, 1.54) is 18.6 Å². The summed E-state index contributed by atoms with van der Waals surface area (Å²) in [7, 11) is 1.78. The molecule has 0 aromatic carbocycles. The molecule has 19 heavy (non-hydrogen) atoms. The van der Waals surface area contributed by atoms with Crippen LogP contribution in [0.2, 0.25) is 0 Å². The maximum Gasteiger partial charge on any atom is 0.191 e. The molecule has 112 valence electrons. The molecular formula is C12H24IN3OS2. The lowest BCUT2D eigenvalue weighted by Gasteiger charge is -2.23. The lowest BCUT2D eigenvalue weighted by molar-refractivity contribution is 0.0724. The van der Waals surface area contributed by atoms with Gasteiger partial charge in [0.1, 0.15) is 0 Å². The average Bonchev–Trinajstić information content (AvgIpc) is 3.01. The van der Waals surface area contributed by atoms with Crippen LogP contribution in [0, 0.1) is 0 Å². The molecule has 2 aliphatic heterocycles. The lowest BCUT2D eigenvalue weighted by atomic mass is 10.0. The van der Waals surface area contributed by atoms with Crippen LogP contribution in [0.5, 0.6) is 0 Å². The molecule has 0 spiro atoms. The Labute approximate surface area is 141 Å². The van der Waals surface area contributed by atoms with Gasteiger partial charge in [-0.15, -0.1) is 24.0 Å². The third-order valence-electron chi connectivity index (χ3n) is 3.41. The van der Waals surface area contributed by atoms with Gasteiger partial charge in [0.25, 0.3) is 0 Å². The van der Waals surface area contributed by atoms with E-state index in [9.17, 15) is 5.11 Å². The minimum atomic E-state index is -0.551. The van der Waals surface area contributed by atoms with Crippen molar-refractivity contribution in [1.29, 1.82) is 0 Å². The third kappa shape index (κ3) is 5.89. The van der Waals surface area contributed by atoms with Crippen LogP contribution in [0.4, 0.5) is 0 Å². The van der Waals surface area contributed by atoms with E-state index in [0.717, 1.165) is 30.4 Å². The zero-order valence-corrected chi connectivity index (χ0v) is 15.3. The Balaban J connectivity index is 0.00000180. The van der Waals surface area contributed by atoms with Crippen molar-refractivity contribution in [1.82, 2.24) is 10.6 Å². The number of aliphatic hydroxyl groups is 1. The Bertz CT molecular complexity index is 293. The zero-order chi connectivity index (χ0) is 12.8. The van der Waals surface area contributed by atoms with Gasteiger partial charge in [0.15, 0.2) is 5.96 Å². The molecule has 2 heterocycles. The fourth-order valence-corrected chi connectivity index (χ4v) is 4.72. The lowest BCUT2D eigenvalue weighted by Crippen LogP contribution is -2.48. The molecule has 2 aliphatic rings. The summed E-state index contributed by atoms with van der Waals surface area (Å²) in [6, 6.07) is 0. The molecule has 0 bridgehead atoms. The Hall–Kier alpha value is 0.660. The molecule has 3 N–H and O–H groups in total. The van der Waals surface area contributed by atoms with Crippen molar-refractivity contribution >= 4 is 53.5 Å². The van der Waals surface area contributed by atoms with Crippen LogP contribution in [0.1, 0.15) is 19.3 Å². The summed E-state index contributed by atoms with van der Waals surface area (Å²) >= 11 is 3.86. The molecule has 2 fully saturated rings. The molecule has 7 heteroatoms.